The zero-order chi connectivity index (χ0) is 7.98. The molecule has 0 bridgehead atoms. The van der Waals surface area contributed by atoms with E-state index in [1.54, 1.807) is 6.26 Å². The van der Waals surface area contributed by atoms with Crippen LogP contribution in [0.4, 0.5) is 0 Å². The Morgan fingerprint density at radius 3 is 2.80 bits per heavy atom. The molecule has 2 unspecified atom stereocenters. The first-order valence-corrected chi connectivity index (χ1v) is 4.80. The zero-order valence-corrected chi connectivity index (χ0v) is 7.07. The van der Waals surface area contributed by atoms with E-state index < -0.39 is 10.8 Å². The summed E-state index contributed by atoms with van der Waals surface area (Å²) in [5, 5.41) is 11.1. The van der Waals surface area contributed by atoms with Crippen molar-refractivity contribution >= 4 is 10.8 Å². The zero-order valence-electron chi connectivity index (χ0n) is 6.26. The maximum atomic E-state index is 10.6. The molecule has 0 radical (unpaired) electrons. The highest BCUT2D eigenvalue weighted by Crippen LogP contribution is 1.83. The van der Waals surface area contributed by atoms with E-state index in [1.165, 1.54) is 0 Å². The van der Waals surface area contributed by atoms with Crippen LogP contribution in [0.2, 0.25) is 0 Å². The SMILES string of the molecule is CC(CS(C)=O)NCC#N. The van der Waals surface area contributed by atoms with Crippen molar-refractivity contribution in [3.63, 3.8) is 0 Å². The largest absolute Gasteiger partial charge is 0.301 e. The number of rotatable bonds is 4. The van der Waals surface area contributed by atoms with Crippen molar-refractivity contribution in [1.29, 1.82) is 5.26 Å². The summed E-state index contributed by atoms with van der Waals surface area (Å²) < 4.78 is 10.6. The number of nitriles is 1. The fraction of sp³-hybridized carbons (Fsp3) is 0.833. The standard InChI is InChI=1S/C6H12N2OS/c1-6(5-10(2)9)8-4-3-7/h6,8H,4-5H2,1-2H3. The molecule has 0 aromatic carbocycles. The molecule has 0 saturated heterocycles. The van der Waals surface area contributed by atoms with E-state index in [-0.39, 0.29) is 6.04 Å². The van der Waals surface area contributed by atoms with E-state index in [2.05, 4.69) is 5.32 Å². The average molecular weight is 160 g/mol. The summed E-state index contributed by atoms with van der Waals surface area (Å²) in [6.45, 7) is 2.25. The van der Waals surface area contributed by atoms with Crippen molar-refractivity contribution in [3.05, 3.63) is 0 Å². The van der Waals surface area contributed by atoms with Crippen LogP contribution in [0, 0.1) is 11.3 Å². The Balaban J connectivity index is 3.36. The number of hydrogen-bond donors (Lipinski definition) is 1. The lowest BCUT2D eigenvalue weighted by molar-refractivity contribution is 0.628. The van der Waals surface area contributed by atoms with Gasteiger partial charge in [-0.05, 0) is 6.92 Å². The van der Waals surface area contributed by atoms with Crippen LogP contribution in [0.25, 0.3) is 0 Å². The minimum atomic E-state index is -0.771. The third kappa shape index (κ3) is 5.73. The van der Waals surface area contributed by atoms with Crippen LogP contribution in [-0.2, 0) is 10.8 Å². The van der Waals surface area contributed by atoms with Crippen molar-refractivity contribution in [2.45, 2.75) is 13.0 Å². The molecule has 0 aliphatic rings. The molecule has 0 amide bonds. The molecule has 0 fully saturated rings. The smallest absolute Gasteiger partial charge is 0.0843 e. The van der Waals surface area contributed by atoms with Gasteiger partial charge in [0.2, 0.25) is 0 Å². The Hall–Kier alpha value is -0.400. The first-order valence-electron chi connectivity index (χ1n) is 3.07. The molecule has 0 saturated carbocycles. The van der Waals surface area contributed by atoms with E-state index in [4.69, 9.17) is 5.26 Å². The molecule has 4 heteroatoms. The average Bonchev–Trinajstić information content (AvgIpc) is 1.82. The van der Waals surface area contributed by atoms with Crippen molar-refractivity contribution in [2.75, 3.05) is 18.6 Å². The molecule has 0 rings (SSSR count). The summed E-state index contributed by atoms with van der Waals surface area (Å²) in [6.07, 6.45) is 1.66. The summed E-state index contributed by atoms with van der Waals surface area (Å²) in [7, 11) is -0.771. The predicted molar refractivity (Wildman–Crippen MR) is 42.0 cm³/mol. The van der Waals surface area contributed by atoms with Gasteiger partial charge in [-0.3, -0.25) is 4.21 Å². The Bertz CT molecular complexity index is 152. The minimum Gasteiger partial charge on any atom is -0.301 e. The fourth-order valence-electron chi connectivity index (χ4n) is 0.631. The summed E-state index contributed by atoms with van der Waals surface area (Å²) in [5.74, 6) is 0.613. The fourth-order valence-corrected chi connectivity index (χ4v) is 1.45. The second kappa shape index (κ2) is 5.39. The second-order valence-corrected chi connectivity index (χ2v) is 3.66. The van der Waals surface area contributed by atoms with Crippen molar-refractivity contribution < 1.29 is 4.21 Å². The highest BCUT2D eigenvalue weighted by atomic mass is 32.2. The Morgan fingerprint density at radius 2 is 2.40 bits per heavy atom. The van der Waals surface area contributed by atoms with E-state index in [1.807, 2.05) is 13.0 Å². The van der Waals surface area contributed by atoms with Gasteiger partial charge in [0.05, 0.1) is 12.6 Å². The summed E-state index contributed by atoms with van der Waals surface area (Å²) in [4.78, 5) is 0. The summed E-state index contributed by atoms with van der Waals surface area (Å²) in [5.41, 5.74) is 0. The molecule has 0 aromatic heterocycles. The molecule has 10 heavy (non-hydrogen) atoms. The Kier molecular flexibility index (Phi) is 5.17. The molecule has 58 valence electrons. The first-order chi connectivity index (χ1) is 4.66. The van der Waals surface area contributed by atoms with Gasteiger partial charge in [-0.15, -0.1) is 0 Å². The maximum absolute atomic E-state index is 10.6. The van der Waals surface area contributed by atoms with Gasteiger partial charge in [-0.25, -0.2) is 0 Å². The third-order valence-electron chi connectivity index (χ3n) is 1.01. The Labute approximate surface area is 63.9 Å². The molecule has 0 aliphatic heterocycles. The minimum absolute atomic E-state index is 0.172. The van der Waals surface area contributed by atoms with Crippen LogP contribution < -0.4 is 5.32 Å². The summed E-state index contributed by atoms with van der Waals surface area (Å²) in [6, 6.07) is 2.13. The van der Waals surface area contributed by atoms with Gasteiger partial charge in [0.15, 0.2) is 0 Å². The van der Waals surface area contributed by atoms with E-state index >= 15 is 0 Å². The lowest BCUT2D eigenvalue weighted by Gasteiger charge is -2.07. The van der Waals surface area contributed by atoms with Crippen LogP contribution in [0.5, 0.6) is 0 Å². The van der Waals surface area contributed by atoms with Crippen LogP contribution in [0.1, 0.15) is 6.92 Å². The van der Waals surface area contributed by atoms with Crippen molar-refractivity contribution in [2.24, 2.45) is 0 Å². The quantitative estimate of drug-likeness (QED) is 0.583. The topological polar surface area (TPSA) is 52.9 Å². The molecule has 2 atom stereocenters. The van der Waals surface area contributed by atoms with Gasteiger partial charge in [0.25, 0.3) is 0 Å². The number of hydrogen-bond acceptors (Lipinski definition) is 3. The van der Waals surface area contributed by atoms with Gasteiger partial charge >= 0.3 is 0 Å². The van der Waals surface area contributed by atoms with E-state index in [9.17, 15) is 4.21 Å². The van der Waals surface area contributed by atoms with E-state index in [0.29, 0.717) is 12.3 Å². The van der Waals surface area contributed by atoms with Gasteiger partial charge < -0.3 is 5.32 Å². The van der Waals surface area contributed by atoms with Crippen molar-refractivity contribution in [1.82, 2.24) is 5.32 Å². The van der Waals surface area contributed by atoms with Gasteiger partial charge in [0, 0.05) is 28.9 Å². The molecule has 0 heterocycles. The molecule has 0 spiro atoms. The van der Waals surface area contributed by atoms with Crippen LogP contribution in [0.15, 0.2) is 0 Å². The predicted octanol–water partition coefficient (Wildman–Crippen LogP) is -0.133. The molecule has 0 aromatic rings. The van der Waals surface area contributed by atoms with Gasteiger partial charge in [-0.1, -0.05) is 0 Å². The normalized spacial score (nSPS) is 15.7. The molecular weight excluding hydrogens is 148 g/mol. The highest BCUT2D eigenvalue weighted by molar-refractivity contribution is 7.84. The molecule has 1 N–H and O–H groups in total. The molecule has 3 nitrogen and oxygen atoms in total. The monoisotopic (exact) mass is 160 g/mol. The lowest BCUT2D eigenvalue weighted by Crippen LogP contribution is -2.31. The maximum Gasteiger partial charge on any atom is 0.0843 e. The van der Waals surface area contributed by atoms with Gasteiger partial charge in [0.1, 0.15) is 0 Å². The lowest BCUT2D eigenvalue weighted by atomic mass is 10.4. The first kappa shape index (κ1) is 9.60. The number of nitrogens with one attached hydrogen (secondary N) is 1. The Morgan fingerprint density at radius 1 is 1.80 bits per heavy atom. The van der Waals surface area contributed by atoms with Crippen LogP contribution in [0.3, 0.4) is 0 Å². The van der Waals surface area contributed by atoms with E-state index in [0.717, 1.165) is 0 Å². The van der Waals surface area contributed by atoms with Crippen molar-refractivity contribution in [3.8, 4) is 6.07 Å². The van der Waals surface area contributed by atoms with Crippen LogP contribution >= 0.6 is 0 Å². The number of nitrogens with zero attached hydrogens (tertiary/aromatic N) is 1. The van der Waals surface area contributed by atoms with Gasteiger partial charge in [-0.2, -0.15) is 5.26 Å². The second-order valence-electron chi connectivity index (χ2n) is 2.18. The molecular formula is C6H12N2OS. The van der Waals surface area contributed by atoms with Crippen LogP contribution in [-0.4, -0.2) is 28.8 Å². The third-order valence-corrected chi connectivity index (χ3v) is 1.98. The molecule has 0 aliphatic carbocycles. The summed E-state index contributed by atoms with van der Waals surface area (Å²) >= 11 is 0. The highest BCUT2D eigenvalue weighted by Gasteiger charge is 2.01.